The van der Waals surface area contributed by atoms with Crippen molar-refractivity contribution in [2.75, 3.05) is 66.0 Å². The number of hydrogen-bond acceptors (Lipinski definition) is 4. The number of piperazine rings is 1. The van der Waals surface area contributed by atoms with Gasteiger partial charge in [0.2, 0.25) is 5.91 Å². The third kappa shape index (κ3) is 7.91. The number of nitrogens with one attached hydrogen (secondary N) is 2. The van der Waals surface area contributed by atoms with Gasteiger partial charge in [0.25, 0.3) is 0 Å². The normalized spacial score (nSPS) is 19.1. The smallest absolute Gasteiger partial charge is 0.234 e. The van der Waals surface area contributed by atoms with Gasteiger partial charge in [-0.05, 0) is 39.8 Å². The maximum absolute atomic E-state index is 12.0. The Morgan fingerprint density at radius 1 is 1.15 bits per heavy atom. The highest BCUT2D eigenvalue weighted by Crippen LogP contribution is 2.18. The number of amides is 1. The van der Waals surface area contributed by atoms with E-state index in [4.69, 9.17) is 4.99 Å². The molecule has 0 aromatic rings. The van der Waals surface area contributed by atoms with Crippen molar-refractivity contribution in [3.8, 4) is 0 Å². The van der Waals surface area contributed by atoms with Gasteiger partial charge in [0, 0.05) is 45.3 Å². The van der Waals surface area contributed by atoms with Crippen LogP contribution in [-0.2, 0) is 4.79 Å². The van der Waals surface area contributed by atoms with E-state index in [9.17, 15) is 4.79 Å². The van der Waals surface area contributed by atoms with Crippen molar-refractivity contribution in [3.05, 3.63) is 0 Å². The fourth-order valence-corrected chi connectivity index (χ4v) is 3.11. The van der Waals surface area contributed by atoms with E-state index in [2.05, 4.69) is 46.2 Å². The second-order valence-electron chi connectivity index (χ2n) is 7.50. The van der Waals surface area contributed by atoms with E-state index in [1.807, 2.05) is 0 Å². The molecule has 2 rings (SSSR count). The zero-order chi connectivity index (χ0) is 18.8. The van der Waals surface area contributed by atoms with Gasteiger partial charge in [-0.25, -0.2) is 0 Å². The van der Waals surface area contributed by atoms with Crippen LogP contribution in [-0.4, -0.2) is 98.6 Å². The van der Waals surface area contributed by atoms with Crippen LogP contribution in [0, 0.1) is 0 Å². The van der Waals surface area contributed by atoms with Crippen LogP contribution in [0.3, 0.4) is 0 Å². The molecule has 2 aliphatic rings. The van der Waals surface area contributed by atoms with Crippen LogP contribution in [0.2, 0.25) is 0 Å². The molecule has 1 amide bonds. The Kier molecular flexibility index (Phi) is 9.18. The third-order valence-corrected chi connectivity index (χ3v) is 4.95. The van der Waals surface area contributed by atoms with Gasteiger partial charge in [0.1, 0.15) is 0 Å². The number of carbonyl (C=O) groups is 1. The highest BCUT2D eigenvalue weighted by atomic mass is 16.2. The molecule has 0 radical (unpaired) electrons. The zero-order valence-corrected chi connectivity index (χ0v) is 17.0. The maximum Gasteiger partial charge on any atom is 0.234 e. The largest absolute Gasteiger partial charge is 0.357 e. The van der Waals surface area contributed by atoms with E-state index in [0.29, 0.717) is 12.6 Å². The monoisotopic (exact) mass is 366 g/mol. The molecule has 26 heavy (non-hydrogen) atoms. The molecule has 0 atom stereocenters. The van der Waals surface area contributed by atoms with Crippen molar-refractivity contribution in [3.63, 3.8) is 0 Å². The van der Waals surface area contributed by atoms with Gasteiger partial charge in [0.05, 0.1) is 13.1 Å². The second-order valence-corrected chi connectivity index (χ2v) is 7.50. The highest BCUT2D eigenvalue weighted by molar-refractivity contribution is 5.80. The molecule has 2 N–H and O–H groups in total. The summed E-state index contributed by atoms with van der Waals surface area (Å²) >= 11 is 0. The Morgan fingerprint density at radius 3 is 2.50 bits per heavy atom. The van der Waals surface area contributed by atoms with Crippen LogP contribution in [0.25, 0.3) is 0 Å². The Labute approximate surface area is 159 Å². The van der Waals surface area contributed by atoms with E-state index in [1.165, 1.54) is 12.8 Å². The predicted molar refractivity (Wildman–Crippen MR) is 108 cm³/mol. The molecule has 1 heterocycles. The van der Waals surface area contributed by atoms with Crippen LogP contribution in [0.4, 0.5) is 0 Å². The number of guanidine groups is 1. The molecule has 0 aromatic heterocycles. The summed E-state index contributed by atoms with van der Waals surface area (Å²) in [6.07, 6.45) is 4.78. The molecule has 150 valence electrons. The fraction of sp³-hybridized carbons (Fsp3) is 0.895. The molecule has 0 aromatic carbocycles. The van der Waals surface area contributed by atoms with Gasteiger partial charge < -0.3 is 20.4 Å². The van der Waals surface area contributed by atoms with Crippen LogP contribution in [0.1, 0.15) is 39.5 Å². The molecule has 1 aliphatic heterocycles. The molecule has 2 fully saturated rings. The van der Waals surface area contributed by atoms with E-state index >= 15 is 0 Å². The summed E-state index contributed by atoms with van der Waals surface area (Å²) in [5.41, 5.74) is 0. The molecule has 0 unspecified atom stereocenters. The van der Waals surface area contributed by atoms with Gasteiger partial charge in [-0.1, -0.05) is 13.3 Å². The minimum atomic E-state index is 0.177. The van der Waals surface area contributed by atoms with Crippen molar-refractivity contribution in [1.82, 2.24) is 25.3 Å². The average molecular weight is 367 g/mol. The Hall–Kier alpha value is -1.34. The molecule has 1 saturated heterocycles. The predicted octanol–water partition coefficient (Wildman–Crippen LogP) is 0.580. The fourth-order valence-electron chi connectivity index (χ4n) is 3.11. The van der Waals surface area contributed by atoms with Crippen molar-refractivity contribution < 1.29 is 4.79 Å². The van der Waals surface area contributed by atoms with Crippen molar-refractivity contribution >= 4 is 11.9 Å². The number of carbonyl (C=O) groups excluding carboxylic acids is 1. The molecular weight excluding hydrogens is 328 g/mol. The van der Waals surface area contributed by atoms with E-state index in [0.717, 1.165) is 71.2 Å². The highest BCUT2D eigenvalue weighted by Gasteiger charge is 2.25. The first-order valence-corrected chi connectivity index (χ1v) is 10.4. The average Bonchev–Trinajstić information content (AvgIpc) is 3.43. The van der Waals surface area contributed by atoms with Crippen molar-refractivity contribution in [2.24, 2.45) is 4.99 Å². The molecule has 7 nitrogen and oxygen atoms in total. The maximum atomic E-state index is 12.0. The lowest BCUT2D eigenvalue weighted by Gasteiger charge is -2.36. The van der Waals surface area contributed by atoms with E-state index in [1.54, 1.807) is 0 Å². The molecular formula is C19H38N6O. The van der Waals surface area contributed by atoms with Crippen LogP contribution >= 0.6 is 0 Å². The summed E-state index contributed by atoms with van der Waals surface area (Å²) < 4.78 is 0. The number of rotatable bonds is 10. The van der Waals surface area contributed by atoms with Crippen LogP contribution in [0.5, 0.6) is 0 Å². The first-order chi connectivity index (χ1) is 12.6. The number of likely N-dealkylation sites (N-methyl/N-ethyl adjacent to an activating group) is 1. The number of hydrogen-bond donors (Lipinski definition) is 2. The molecule has 0 spiro atoms. The molecule has 0 bridgehead atoms. The zero-order valence-electron chi connectivity index (χ0n) is 17.0. The summed E-state index contributed by atoms with van der Waals surface area (Å²) in [7, 11) is 2.17. The van der Waals surface area contributed by atoms with E-state index in [-0.39, 0.29) is 5.91 Å². The molecule has 1 aliphatic carbocycles. The first kappa shape index (κ1) is 21.0. The van der Waals surface area contributed by atoms with Crippen LogP contribution < -0.4 is 10.6 Å². The number of aliphatic imine (C=N–C) groups is 1. The Morgan fingerprint density at radius 2 is 1.88 bits per heavy atom. The minimum absolute atomic E-state index is 0.177. The van der Waals surface area contributed by atoms with Gasteiger partial charge in [0.15, 0.2) is 5.96 Å². The lowest BCUT2D eigenvalue weighted by Crippen LogP contribution is -2.54. The summed E-state index contributed by atoms with van der Waals surface area (Å²) in [6.45, 7) is 12.4. The minimum Gasteiger partial charge on any atom is -0.357 e. The number of nitrogens with zero attached hydrogens (tertiary/aromatic N) is 4. The summed E-state index contributed by atoms with van der Waals surface area (Å²) in [4.78, 5) is 23.7. The second kappa shape index (κ2) is 11.4. The summed E-state index contributed by atoms with van der Waals surface area (Å²) in [5, 5.41) is 6.49. The SMILES string of the molecule is CCCCN(C)CCN=C(NCC)N1CCN(CC(=O)NC2CC2)CC1. The quantitative estimate of drug-likeness (QED) is 0.437. The standard InChI is InChI=1S/C19H38N6O/c1-4-6-10-23(3)11-9-21-19(20-5-2)25-14-12-24(13-15-25)16-18(26)22-17-7-8-17/h17H,4-16H2,1-3H3,(H,20,21)(H,22,26). The van der Waals surface area contributed by atoms with Gasteiger partial charge in [-0.3, -0.25) is 14.7 Å². The lowest BCUT2D eigenvalue weighted by atomic mass is 10.3. The van der Waals surface area contributed by atoms with Crippen LogP contribution in [0.15, 0.2) is 4.99 Å². The van der Waals surface area contributed by atoms with Gasteiger partial charge >= 0.3 is 0 Å². The summed E-state index contributed by atoms with van der Waals surface area (Å²) in [6, 6.07) is 0.451. The van der Waals surface area contributed by atoms with Crippen molar-refractivity contribution in [1.29, 1.82) is 0 Å². The lowest BCUT2D eigenvalue weighted by molar-refractivity contribution is -0.122. The van der Waals surface area contributed by atoms with E-state index < -0.39 is 0 Å². The first-order valence-electron chi connectivity index (χ1n) is 10.4. The topological polar surface area (TPSA) is 63.2 Å². The number of unbranched alkanes of at least 4 members (excludes halogenated alkanes) is 1. The summed E-state index contributed by atoms with van der Waals surface area (Å²) in [5.74, 6) is 1.19. The van der Waals surface area contributed by atoms with Crippen molar-refractivity contribution in [2.45, 2.75) is 45.6 Å². The third-order valence-electron chi connectivity index (χ3n) is 4.95. The van der Waals surface area contributed by atoms with Gasteiger partial charge in [-0.15, -0.1) is 0 Å². The molecule has 7 heteroatoms. The Balaban J connectivity index is 1.71. The Bertz CT molecular complexity index is 443. The van der Waals surface area contributed by atoms with Gasteiger partial charge in [-0.2, -0.15) is 0 Å². The molecule has 1 saturated carbocycles.